The Morgan fingerprint density at radius 2 is 1.94 bits per heavy atom. The van der Waals surface area contributed by atoms with Crippen molar-refractivity contribution in [3.8, 4) is 0 Å². The second-order valence-corrected chi connectivity index (χ2v) is 4.13. The molecule has 1 aromatic heterocycles. The number of nitrogens with one attached hydrogen (secondary N) is 1. The van der Waals surface area contributed by atoms with Crippen LogP contribution >= 0.6 is 0 Å². The van der Waals surface area contributed by atoms with E-state index in [9.17, 15) is 4.79 Å². The van der Waals surface area contributed by atoms with Crippen molar-refractivity contribution in [1.82, 2.24) is 10.2 Å². The molecule has 0 radical (unpaired) electrons. The highest BCUT2D eigenvalue weighted by atomic mass is 16.2. The summed E-state index contributed by atoms with van der Waals surface area (Å²) in [5.74, 6) is 0.0595. The molecule has 5 heteroatoms. The largest absolute Gasteiger partial charge is 0.314 e. The number of aromatic nitrogens is 2. The van der Waals surface area contributed by atoms with Crippen LogP contribution in [0.15, 0.2) is 48.7 Å². The Labute approximate surface area is 105 Å². The molecule has 0 saturated carbocycles. The maximum absolute atomic E-state index is 12.1. The number of nitrogens with zero attached hydrogens (tertiary/aromatic N) is 2. The molecule has 1 unspecified atom stereocenters. The minimum Gasteiger partial charge on any atom is -0.314 e. The van der Waals surface area contributed by atoms with Gasteiger partial charge in [0.1, 0.15) is 5.54 Å². The molecule has 0 spiro atoms. The van der Waals surface area contributed by atoms with Crippen molar-refractivity contribution in [3.63, 3.8) is 0 Å². The molecule has 3 N–H and O–H groups in total. The van der Waals surface area contributed by atoms with Gasteiger partial charge >= 0.3 is 0 Å². The summed E-state index contributed by atoms with van der Waals surface area (Å²) < 4.78 is 0. The van der Waals surface area contributed by atoms with E-state index in [1.807, 2.05) is 30.3 Å². The van der Waals surface area contributed by atoms with Gasteiger partial charge in [0.05, 0.1) is 0 Å². The van der Waals surface area contributed by atoms with Crippen molar-refractivity contribution < 1.29 is 4.79 Å². The first-order valence-electron chi connectivity index (χ1n) is 5.54. The van der Waals surface area contributed by atoms with Crippen LogP contribution in [0.25, 0.3) is 0 Å². The Balaban J connectivity index is 2.18. The lowest BCUT2D eigenvalue weighted by atomic mass is 9.92. The van der Waals surface area contributed by atoms with Crippen LogP contribution in [0, 0.1) is 0 Å². The quantitative estimate of drug-likeness (QED) is 0.849. The van der Waals surface area contributed by atoms with Crippen LogP contribution in [-0.4, -0.2) is 16.1 Å². The monoisotopic (exact) mass is 242 g/mol. The Morgan fingerprint density at radius 3 is 2.56 bits per heavy atom. The van der Waals surface area contributed by atoms with Gasteiger partial charge in [0.25, 0.3) is 0 Å². The second-order valence-electron chi connectivity index (χ2n) is 4.13. The summed E-state index contributed by atoms with van der Waals surface area (Å²) >= 11 is 0. The van der Waals surface area contributed by atoms with Gasteiger partial charge in [-0.3, -0.25) is 4.79 Å². The lowest BCUT2D eigenvalue weighted by Crippen LogP contribution is -2.45. The van der Waals surface area contributed by atoms with Crippen molar-refractivity contribution in [2.24, 2.45) is 5.73 Å². The summed E-state index contributed by atoms with van der Waals surface area (Å²) in [5, 5.41) is 10.1. The Hall–Kier alpha value is -2.27. The van der Waals surface area contributed by atoms with E-state index in [0.29, 0.717) is 5.82 Å². The first-order valence-corrected chi connectivity index (χ1v) is 5.54. The molecule has 0 aliphatic heterocycles. The SMILES string of the molecule is CC(N)(C(=O)Nc1cccnn1)c1ccccc1. The van der Waals surface area contributed by atoms with E-state index < -0.39 is 5.54 Å². The van der Waals surface area contributed by atoms with Crippen molar-refractivity contribution in [2.45, 2.75) is 12.5 Å². The van der Waals surface area contributed by atoms with Gasteiger partial charge in [-0.05, 0) is 24.6 Å². The maximum atomic E-state index is 12.1. The topological polar surface area (TPSA) is 80.9 Å². The standard InChI is InChI=1S/C13H14N4O/c1-13(14,10-6-3-2-4-7-10)12(18)16-11-8-5-9-15-17-11/h2-9H,14H2,1H3,(H,16,17,18). The average molecular weight is 242 g/mol. The van der Waals surface area contributed by atoms with Crippen LogP contribution in [0.3, 0.4) is 0 Å². The van der Waals surface area contributed by atoms with E-state index >= 15 is 0 Å². The third kappa shape index (κ3) is 2.52. The van der Waals surface area contributed by atoms with E-state index in [1.54, 1.807) is 19.1 Å². The maximum Gasteiger partial charge on any atom is 0.249 e. The van der Waals surface area contributed by atoms with Gasteiger partial charge in [-0.25, -0.2) is 0 Å². The third-order valence-corrected chi connectivity index (χ3v) is 2.66. The predicted octanol–water partition coefficient (Wildman–Crippen LogP) is 1.29. The molecular weight excluding hydrogens is 228 g/mol. The number of nitrogens with two attached hydrogens (primary N) is 1. The summed E-state index contributed by atoms with van der Waals surface area (Å²) in [4.78, 5) is 12.1. The zero-order chi connectivity index (χ0) is 13.0. The van der Waals surface area contributed by atoms with Crippen molar-refractivity contribution in [2.75, 3.05) is 5.32 Å². The molecule has 2 rings (SSSR count). The minimum absolute atomic E-state index is 0.325. The number of carbonyl (C=O) groups is 1. The van der Waals surface area contributed by atoms with Crippen LogP contribution in [0.1, 0.15) is 12.5 Å². The molecule has 1 aromatic carbocycles. The zero-order valence-electron chi connectivity index (χ0n) is 10.00. The summed E-state index contributed by atoms with van der Waals surface area (Å²) in [6.45, 7) is 1.66. The van der Waals surface area contributed by atoms with E-state index in [2.05, 4.69) is 15.5 Å². The Morgan fingerprint density at radius 1 is 1.22 bits per heavy atom. The first-order chi connectivity index (χ1) is 8.60. The second kappa shape index (κ2) is 4.93. The molecule has 0 bridgehead atoms. The average Bonchev–Trinajstić information content (AvgIpc) is 2.41. The molecule has 1 heterocycles. The molecule has 1 atom stereocenters. The van der Waals surface area contributed by atoms with Crippen LogP contribution < -0.4 is 11.1 Å². The van der Waals surface area contributed by atoms with Crippen LogP contribution in [0.4, 0.5) is 5.82 Å². The van der Waals surface area contributed by atoms with Crippen LogP contribution in [-0.2, 0) is 10.3 Å². The molecule has 5 nitrogen and oxygen atoms in total. The lowest BCUT2D eigenvalue weighted by molar-refractivity contribution is -0.120. The van der Waals surface area contributed by atoms with Gasteiger partial charge in [-0.1, -0.05) is 30.3 Å². The van der Waals surface area contributed by atoms with Crippen LogP contribution in [0.5, 0.6) is 0 Å². The highest BCUT2D eigenvalue weighted by Gasteiger charge is 2.30. The molecule has 18 heavy (non-hydrogen) atoms. The van der Waals surface area contributed by atoms with Gasteiger partial charge in [0, 0.05) is 6.20 Å². The molecule has 92 valence electrons. The predicted molar refractivity (Wildman–Crippen MR) is 68.6 cm³/mol. The van der Waals surface area contributed by atoms with E-state index in [0.717, 1.165) is 5.56 Å². The van der Waals surface area contributed by atoms with E-state index in [1.165, 1.54) is 6.20 Å². The number of hydrogen-bond acceptors (Lipinski definition) is 4. The summed E-state index contributed by atoms with van der Waals surface area (Å²) in [6.07, 6.45) is 1.54. The molecule has 1 amide bonds. The number of amides is 1. The molecule has 2 aromatic rings. The molecule has 0 fully saturated rings. The van der Waals surface area contributed by atoms with Crippen molar-refractivity contribution >= 4 is 11.7 Å². The number of hydrogen-bond donors (Lipinski definition) is 2. The first kappa shape index (κ1) is 12.2. The molecule has 0 aliphatic carbocycles. The zero-order valence-corrected chi connectivity index (χ0v) is 10.00. The molecular formula is C13H14N4O. The van der Waals surface area contributed by atoms with Crippen LogP contribution in [0.2, 0.25) is 0 Å². The summed E-state index contributed by atoms with van der Waals surface area (Å²) in [5.41, 5.74) is 5.70. The van der Waals surface area contributed by atoms with Crippen molar-refractivity contribution in [1.29, 1.82) is 0 Å². The Bertz CT molecular complexity index is 525. The fraction of sp³-hybridized carbons (Fsp3) is 0.154. The molecule has 0 aliphatic rings. The number of benzene rings is 1. The lowest BCUT2D eigenvalue weighted by Gasteiger charge is -2.23. The number of anilines is 1. The third-order valence-electron chi connectivity index (χ3n) is 2.66. The van der Waals surface area contributed by atoms with Gasteiger partial charge in [0.2, 0.25) is 5.91 Å². The number of carbonyl (C=O) groups excluding carboxylic acids is 1. The fourth-order valence-corrected chi connectivity index (χ4v) is 1.53. The fourth-order valence-electron chi connectivity index (χ4n) is 1.53. The van der Waals surface area contributed by atoms with Gasteiger partial charge in [-0.2, -0.15) is 5.10 Å². The molecule has 0 saturated heterocycles. The van der Waals surface area contributed by atoms with E-state index in [-0.39, 0.29) is 5.91 Å². The highest BCUT2D eigenvalue weighted by molar-refractivity contribution is 5.97. The summed E-state index contributed by atoms with van der Waals surface area (Å²) in [7, 11) is 0. The van der Waals surface area contributed by atoms with Crippen molar-refractivity contribution in [3.05, 3.63) is 54.2 Å². The smallest absolute Gasteiger partial charge is 0.249 e. The van der Waals surface area contributed by atoms with Gasteiger partial charge in [0.15, 0.2) is 5.82 Å². The minimum atomic E-state index is -1.11. The van der Waals surface area contributed by atoms with Gasteiger partial charge < -0.3 is 11.1 Å². The van der Waals surface area contributed by atoms with Gasteiger partial charge in [-0.15, -0.1) is 5.10 Å². The Kier molecular flexibility index (Phi) is 3.34. The summed E-state index contributed by atoms with van der Waals surface area (Å²) in [6, 6.07) is 12.5. The number of rotatable bonds is 3. The highest BCUT2D eigenvalue weighted by Crippen LogP contribution is 2.18. The van der Waals surface area contributed by atoms with E-state index in [4.69, 9.17) is 5.73 Å². The normalized spacial score (nSPS) is 13.7.